The predicted octanol–water partition coefficient (Wildman–Crippen LogP) is 3.27. The van der Waals surface area contributed by atoms with Gasteiger partial charge in [-0.05, 0) is 42.0 Å². The van der Waals surface area contributed by atoms with Gasteiger partial charge in [-0.15, -0.1) is 0 Å². The normalized spacial score (nSPS) is 11.6. The number of benzene rings is 2. The van der Waals surface area contributed by atoms with Gasteiger partial charge in [-0.3, -0.25) is 4.98 Å². The van der Waals surface area contributed by atoms with Crippen LogP contribution in [0.15, 0.2) is 65.8 Å². The second-order valence-corrected chi connectivity index (χ2v) is 7.33. The van der Waals surface area contributed by atoms with Crippen LogP contribution in [-0.2, 0) is 11.0 Å². The molecule has 152 valence electrons. The summed E-state index contributed by atoms with van der Waals surface area (Å²) in [6.07, 6.45) is 3.37. The number of rotatable bonds is 9. The van der Waals surface area contributed by atoms with Crippen molar-refractivity contribution in [3.63, 3.8) is 0 Å². The molecule has 0 amide bonds. The number of nitrogens with one attached hydrogen (secondary N) is 2. The molecule has 3 aromatic rings. The van der Waals surface area contributed by atoms with Crippen molar-refractivity contribution in [3.05, 3.63) is 60.9 Å². The highest BCUT2D eigenvalue weighted by atomic mass is 32.2. The van der Waals surface area contributed by atoms with Gasteiger partial charge in [-0.25, -0.2) is 4.21 Å². The summed E-state index contributed by atoms with van der Waals surface area (Å²) in [6.45, 7) is 1.20. The highest BCUT2D eigenvalue weighted by molar-refractivity contribution is 7.86. The van der Waals surface area contributed by atoms with E-state index in [1.807, 2.05) is 42.5 Å². The van der Waals surface area contributed by atoms with Crippen molar-refractivity contribution >= 4 is 22.4 Å². The van der Waals surface area contributed by atoms with E-state index < -0.39 is 11.0 Å². The molecule has 0 saturated carbocycles. The second-order valence-electron chi connectivity index (χ2n) is 6.15. The molecule has 0 spiro atoms. The van der Waals surface area contributed by atoms with Crippen LogP contribution in [0.4, 0.5) is 11.4 Å². The molecule has 3 rings (SSSR count). The van der Waals surface area contributed by atoms with Crippen LogP contribution in [0, 0.1) is 0 Å². The molecule has 0 aliphatic rings. The summed E-state index contributed by atoms with van der Waals surface area (Å²) in [7, 11) is 1.62. The first kappa shape index (κ1) is 20.6. The zero-order valence-corrected chi connectivity index (χ0v) is 17.2. The Hall–Kier alpha value is -3.10. The van der Waals surface area contributed by atoms with Crippen molar-refractivity contribution in [2.24, 2.45) is 5.73 Å². The predicted molar refractivity (Wildman–Crippen MR) is 117 cm³/mol. The zero-order valence-electron chi connectivity index (χ0n) is 16.3. The number of anilines is 2. The molecule has 1 heterocycles. The van der Waals surface area contributed by atoms with Gasteiger partial charge >= 0.3 is 0 Å². The molecule has 1 atom stereocenters. The lowest BCUT2D eigenvalue weighted by Gasteiger charge is -2.13. The minimum atomic E-state index is -1.53. The van der Waals surface area contributed by atoms with Crippen molar-refractivity contribution in [2.75, 3.05) is 37.3 Å². The Morgan fingerprint density at radius 2 is 1.83 bits per heavy atom. The summed E-state index contributed by atoms with van der Waals surface area (Å²) < 4.78 is 26.8. The van der Waals surface area contributed by atoms with Crippen molar-refractivity contribution in [3.8, 4) is 22.6 Å². The molecule has 8 heteroatoms. The van der Waals surface area contributed by atoms with Gasteiger partial charge in [0.15, 0.2) is 11.0 Å². The summed E-state index contributed by atoms with van der Waals surface area (Å²) in [5, 5.41) is 3.20. The van der Waals surface area contributed by atoms with Crippen LogP contribution >= 0.6 is 0 Å². The first-order valence-electron chi connectivity index (χ1n) is 9.04. The maximum Gasteiger partial charge on any atom is 0.154 e. The molecule has 29 heavy (non-hydrogen) atoms. The average Bonchev–Trinajstić information content (AvgIpc) is 2.77. The molecule has 0 aliphatic carbocycles. The smallest absolute Gasteiger partial charge is 0.154 e. The van der Waals surface area contributed by atoms with Crippen LogP contribution in [-0.4, -0.2) is 36.5 Å². The molecule has 0 radical (unpaired) electrons. The summed E-state index contributed by atoms with van der Waals surface area (Å²) in [5.74, 6) is 1.19. The number of pyridine rings is 1. The molecular weight excluding hydrogens is 388 g/mol. The fraction of sp³-hybridized carbons (Fsp3) is 0.190. The van der Waals surface area contributed by atoms with Crippen LogP contribution in [0.1, 0.15) is 0 Å². The van der Waals surface area contributed by atoms with Gasteiger partial charge in [0.05, 0.1) is 20.4 Å². The topological polar surface area (TPSA) is 98.5 Å². The third-order valence-corrected chi connectivity index (χ3v) is 5.33. The third kappa shape index (κ3) is 5.24. The highest BCUT2D eigenvalue weighted by Crippen LogP contribution is 2.30. The number of ether oxygens (including phenoxy) is 2. The first-order valence-corrected chi connectivity index (χ1v) is 10.2. The van der Waals surface area contributed by atoms with E-state index in [-0.39, 0.29) is 0 Å². The van der Waals surface area contributed by atoms with Crippen LogP contribution in [0.2, 0.25) is 0 Å². The lowest BCUT2D eigenvalue weighted by Crippen LogP contribution is -2.13. The number of nitrogens with two attached hydrogens (primary N) is 1. The van der Waals surface area contributed by atoms with E-state index in [0.29, 0.717) is 29.5 Å². The first-order chi connectivity index (χ1) is 14.1. The Morgan fingerprint density at radius 1 is 1.00 bits per heavy atom. The van der Waals surface area contributed by atoms with Crippen LogP contribution in [0.5, 0.6) is 11.5 Å². The third-order valence-electron chi connectivity index (χ3n) is 4.19. The maximum absolute atomic E-state index is 13.1. The lowest BCUT2D eigenvalue weighted by molar-refractivity contribution is 0.404. The molecule has 1 aromatic heterocycles. The van der Waals surface area contributed by atoms with Gasteiger partial charge in [0.2, 0.25) is 0 Å². The molecule has 0 aliphatic heterocycles. The molecular formula is C21H24N4O3S. The van der Waals surface area contributed by atoms with Gasteiger partial charge in [0, 0.05) is 36.2 Å². The van der Waals surface area contributed by atoms with Crippen molar-refractivity contribution in [2.45, 2.75) is 4.90 Å². The highest BCUT2D eigenvalue weighted by Gasteiger charge is 2.14. The van der Waals surface area contributed by atoms with E-state index in [0.717, 1.165) is 22.5 Å². The fourth-order valence-electron chi connectivity index (χ4n) is 2.76. The summed E-state index contributed by atoms with van der Waals surface area (Å²) in [5.41, 5.74) is 8.88. The minimum absolute atomic E-state index is 0.534. The largest absolute Gasteiger partial charge is 0.495 e. The van der Waals surface area contributed by atoms with E-state index in [2.05, 4.69) is 15.0 Å². The van der Waals surface area contributed by atoms with Gasteiger partial charge in [0.1, 0.15) is 16.4 Å². The van der Waals surface area contributed by atoms with Gasteiger partial charge < -0.3 is 25.2 Å². The molecule has 1 unspecified atom stereocenters. The van der Waals surface area contributed by atoms with E-state index in [9.17, 15) is 4.21 Å². The summed E-state index contributed by atoms with van der Waals surface area (Å²) in [4.78, 5) is 4.72. The summed E-state index contributed by atoms with van der Waals surface area (Å²) >= 11 is 0. The maximum atomic E-state index is 13.1. The zero-order chi connectivity index (χ0) is 20.6. The van der Waals surface area contributed by atoms with Crippen molar-refractivity contribution in [1.82, 2.24) is 4.98 Å². The minimum Gasteiger partial charge on any atom is -0.495 e. The molecule has 0 fully saturated rings. The molecule has 0 saturated heterocycles. The Labute approximate surface area is 172 Å². The standard InChI is InChI=1S/C21H24N4O3S/c1-27-19-10-16(13-23-14-19)15-6-7-20(28-2)21(11-15)29(26)25-18-5-3-4-17(12-18)24-9-8-22/h3-7,10-14,24-25H,8-9,22H2,1-2H3. The Morgan fingerprint density at radius 3 is 2.59 bits per heavy atom. The average molecular weight is 413 g/mol. The SMILES string of the molecule is COc1cncc(-c2ccc(OC)c(S(=O)Nc3cccc(NCCN)c3)c2)c1. The quantitative estimate of drug-likeness (QED) is 0.499. The molecule has 7 nitrogen and oxygen atoms in total. The Balaban J connectivity index is 1.87. The van der Waals surface area contributed by atoms with E-state index >= 15 is 0 Å². The molecule has 0 bridgehead atoms. The van der Waals surface area contributed by atoms with Gasteiger partial charge in [-0.2, -0.15) is 0 Å². The van der Waals surface area contributed by atoms with Crippen molar-refractivity contribution in [1.29, 1.82) is 0 Å². The number of hydrogen-bond donors (Lipinski definition) is 3. The van der Waals surface area contributed by atoms with Gasteiger partial charge in [-0.1, -0.05) is 12.1 Å². The van der Waals surface area contributed by atoms with Crippen LogP contribution in [0.25, 0.3) is 11.1 Å². The van der Waals surface area contributed by atoms with Crippen molar-refractivity contribution < 1.29 is 13.7 Å². The van der Waals surface area contributed by atoms with E-state index in [4.69, 9.17) is 15.2 Å². The monoisotopic (exact) mass is 412 g/mol. The number of methoxy groups -OCH3 is 2. The number of nitrogens with zero attached hydrogens (tertiary/aromatic N) is 1. The Bertz CT molecular complexity index is 997. The van der Waals surface area contributed by atoms with Gasteiger partial charge in [0.25, 0.3) is 0 Å². The second kappa shape index (κ2) is 9.90. The molecule has 4 N–H and O–H groups in total. The van der Waals surface area contributed by atoms with Crippen LogP contribution < -0.4 is 25.2 Å². The van der Waals surface area contributed by atoms with E-state index in [1.165, 1.54) is 0 Å². The Kier molecular flexibility index (Phi) is 7.04. The summed E-state index contributed by atoms with van der Waals surface area (Å²) in [6, 6.07) is 14.9. The number of hydrogen-bond acceptors (Lipinski definition) is 6. The fourth-order valence-corrected chi connectivity index (χ4v) is 3.78. The van der Waals surface area contributed by atoms with E-state index in [1.54, 1.807) is 32.7 Å². The molecule has 2 aromatic carbocycles. The lowest BCUT2D eigenvalue weighted by atomic mass is 10.1. The van der Waals surface area contributed by atoms with Crippen LogP contribution in [0.3, 0.4) is 0 Å². The number of aromatic nitrogens is 1.